The van der Waals surface area contributed by atoms with Crippen LogP contribution in [0.3, 0.4) is 0 Å². The van der Waals surface area contributed by atoms with Crippen LogP contribution < -0.4 is 16.0 Å². The number of halogens is 1. The van der Waals surface area contributed by atoms with Crippen molar-refractivity contribution in [2.75, 3.05) is 21.7 Å². The van der Waals surface area contributed by atoms with Gasteiger partial charge in [-0.25, -0.2) is 9.18 Å². The van der Waals surface area contributed by atoms with Crippen molar-refractivity contribution in [2.45, 2.75) is 11.3 Å². The minimum absolute atomic E-state index is 0.109. The number of benzene rings is 3. The van der Waals surface area contributed by atoms with Crippen molar-refractivity contribution in [1.29, 1.82) is 0 Å². The smallest absolute Gasteiger partial charge is 0.323 e. The molecular formula is C22H20FN3O2S. The SMILES string of the molecule is O=C(CCSc1ccc(F)cc1)Nc1ccc(NC(=O)Nc2ccccc2)cc1. The van der Waals surface area contributed by atoms with E-state index in [2.05, 4.69) is 16.0 Å². The number of rotatable bonds is 7. The number of urea groups is 1. The van der Waals surface area contributed by atoms with E-state index in [0.717, 1.165) is 4.90 Å². The summed E-state index contributed by atoms with van der Waals surface area (Å²) in [5.41, 5.74) is 1.96. The summed E-state index contributed by atoms with van der Waals surface area (Å²) < 4.78 is 12.9. The second kappa shape index (κ2) is 10.3. The quantitative estimate of drug-likeness (QED) is 0.446. The molecule has 0 aliphatic heterocycles. The van der Waals surface area contributed by atoms with Gasteiger partial charge in [0.15, 0.2) is 0 Å². The van der Waals surface area contributed by atoms with Gasteiger partial charge in [-0.2, -0.15) is 0 Å². The van der Waals surface area contributed by atoms with Gasteiger partial charge in [-0.05, 0) is 60.7 Å². The van der Waals surface area contributed by atoms with Crippen LogP contribution in [0.25, 0.3) is 0 Å². The Morgan fingerprint density at radius 1 is 0.724 bits per heavy atom. The molecule has 0 radical (unpaired) electrons. The van der Waals surface area contributed by atoms with E-state index in [9.17, 15) is 14.0 Å². The normalized spacial score (nSPS) is 10.2. The van der Waals surface area contributed by atoms with Gasteiger partial charge in [-0.15, -0.1) is 11.8 Å². The van der Waals surface area contributed by atoms with Gasteiger partial charge in [0.2, 0.25) is 5.91 Å². The first-order valence-electron chi connectivity index (χ1n) is 9.00. The van der Waals surface area contributed by atoms with Crippen LogP contribution in [-0.2, 0) is 4.79 Å². The standard InChI is InChI=1S/C22H20FN3O2S/c23-16-6-12-20(13-7-16)29-15-14-21(27)24-18-8-10-19(11-9-18)26-22(28)25-17-4-2-1-3-5-17/h1-13H,14-15H2,(H,24,27)(H2,25,26,28). The molecule has 3 aromatic carbocycles. The highest BCUT2D eigenvalue weighted by Crippen LogP contribution is 2.19. The van der Waals surface area contributed by atoms with Crippen molar-refractivity contribution in [3.05, 3.63) is 84.7 Å². The largest absolute Gasteiger partial charge is 0.326 e. The lowest BCUT2D eigenvalue weighted by molar-refractivity contribution is -0.115. The Bertz CT molecular complexity index is 948. The zero-order chi connectivity index (χ0) is 20.5. The van der Waals surface area contributed by atoms with E-state index in [1.807, 2.05) is 18.2 Å². The zero-order valence-electron chi connectivity index (χ0n) is 15.5. The lowest BCUT2D eigenvalue weighted by atomic mass is 10.2. The van der Waals surface area contributed by atoms with Crippen molar-refractivity contribution in [3.8, 4) is 0 Å². The summed E-state index contributed by atoms with van der Waals surface area (Å²) in [6.07, 6.45) is 0.335. The fraction of sp³-hybridized carbons (Fsp3) is 0.0909. The van der Waals surface area contributed by atoms with E-state index in [1.165, 1.54) is 23.9 Å². The molecular weight excluding hydrogens is 389 g/mol. The molecule has 0 aliphatic rings. The number of para-hydroxylation sites is 1. The number of hydrogen-bond donors (Lipinski definition) is 3. The first kappa shape index (κ1) is 20.4. The predicted octanol–water partition coefficient (Wildman–Crippen LogP) is 5.59. The summed E-state index contributed by atoms with van der Waals surface area (Å²) in [5.74, 6) is 0.209. The van der Waals surface area contributed by atoms with Crippen LogP contribution in [-0.4, -0.2) is 17.7 Å². The fourth-order valence-corrected chi connectivity index (χ4v) is 3.32. The van der Waals surface area contributed by atoms with E-state index in [-0.39, 0.29) is 17.8 Å². The van der Waals surface area contributed by atoms with Gasteiger partial charge in [-0.3, -0.25) is 4.79 Å². The zero-order valence-corrected chi connectivity index (χ0v) is 16.3. The van der Waals surface area contributed by atoms with Crippen LogP contribution in [0, 0.1) is 5.82 Å². The van der Waals surface area contributed by atoms with Crippen LogP contribution in [0.15, 0.2) is 83.8 Å². The molecule has 3 rings (SSSR count). The molecule has 0 unspecified atom stereocenters. The highest BCUT2D eigenvalue weighted by molar-refractivity contribution is 7.99. The number of thioether (sulfide) groups is 1. The predicted molar refractivity (Wildman–Crippen MR) is 116 cm³/mol. The molecule has 3 amide bonds. The molecule has 0 saturated carbocycles. The maximum atomic E-state index is 12.9. The Morgan fingerprint density at radius 3 is 1.90 bits per heavy atom. The van der Waals surface area contributed by atoms with E-state index in [0.29, 0.717) is 29.2 Å². The van der Waals surface area contributed by atoms with Crippen molar-refractivity contribution in [2.24, 2.45) is 0 Å². The monoisotopic (exact) mass is 409 g/mol. The molecule has 3 N–H and O–H groups in total. The third-order valence-corrected chi connectivity index (χ3v) is 4.88. The summed E-state index contributed by atoms with van der Waals surface area (Å²) >= 11 is 1.50. The molecule has 0 atom stereocenters. The van der Waals surface area contributed by atoms with E-state index >= 15 is 0 Å². The number of carbonyl (C=O) groups is 2. The molecule has 0 aliphatic carbocycles. The minimum Gasteiger partial charge on any atom is -0.326 e. The van der Waals surface area contributed by atoms with E-state index < -0.39 is 0 Å². The Hall–Kier alpha value is -3.32. The van der Waals surface area contributed by atoms with Crippen molar-refractivity contribution in [3.63, 3.8) is 0 Å². The topological polar surface area (TPSA) is 70.2 Å². The van der Waals surface area contributed by atoms with E-state index in [1.54, 1.807) is 48.5 Å². The number of nitrogens with one attached hydrogen (secondary N) is 3. The highest BCUT2D eigenvalue weighted by Gasteiger charge is 2.05. The summed E-state index contributed by atoms with van der Waals surface area (Å²) in [4.78, 5) is 25.0. The van der Waals surface area contributed by atoms with Crippen LogP contribution in [0.4, 0.5) is 26.2 Å². The Balaban J connectivity index is 1.41. The number of hydrogen-bond acceptors (Lipinski definition) is 3. The second-order valence-electron chi connectivity index (χ2n) is 6.12. The maximum absolute atomic E-state index is 12.9. The summed E-state index contributed by atoms with van der Waals surface area (Å²) in [7, 11) is 0. The van der Waals surface area contributed by atoms with Gasteiger partial charge in [0, 0.05) is 34.1 Å². The molecule has 0 heterocycles. The molecule has 0 spiro atoms. The van der Waals surface area contributed by atoms with Crippen LogP contribution in [0.5, 0.6) is 0 Å². The van der Waals surface area contributed by atoms with Crippen molar-refractivity contribution < 1.29 is 14.0 Å². The average molecular weight is 409 g/mol. The minimum atomic E-state index is -0.342. The maximum Gasteiger partial charge on any atom is 0.323 e. The van der Waals surface area contributed by atoms with Gasteiger partial charge < -0.3 is 16.0 Å². The van der Waals surface area contributed by atoms with E-state index in [4.69, 9.17) is 0 Å². The Morgan fingerprint density at radius 2 is 1.28 bits per heavy atom. The molecule has 0 bridgehead atoms. The molecule has 29 heavy (non-hydrogen) atoms. The summed E-state index contributed by atoms with van der Waals surface area (Å²) in [5, 5.41) is 8.29. The lowest BCUT2D eigenvalue weighted by Crippen LogP contribution is -2.19. The van der Waals surface area contributed by atoms with Crippen LogP contribution >= 0.6 is 11.8 Å². The third kappa shape index (κ3) is 6.97. The average Bonchev–Trinajstić information content (AvgIpc) is 2.72. The van der Waals surface area contributed by atoms with Gasteiger partial charge in [0.25, 0.3) is 0 Å². The van der Waals surface area contributed by atoms with Crippen LogP contribution in [0.1, 0.15) is 6.42 Å². The number of anilines is 3. The molecule has 0 aromatic heterocycles. The molecule has 5 nitrogen and oxygen atoms in total. The Kier molecular flexibility index (Phi) is 7.24. The Labute approximate surface area is 172 Å². The van der Waals surface area contributed by atoms with Gasteiger partial charge in [0.05, 0.1) is 0 Å². The van der Waals surface area contributed by atoms with Gasteiger partial charge in [-0.1, -0.05) is 18.2 Å². The van der Waals surface area contributed by atoms with Crippen LogP contribution in [0.2, 0.25) is 0 Å². The first-order valence-corrected chi connectivity index (χ1v) is 9.98. The number of amides is 3. The summed E-state index contributed by atoms with van der Waals surface area (Å²) in [6, 6.07) is 21.9. The molecule has 0 saturated heterocycles. The third-order valence-electron chi connectivity index (χ3n) is 3.87. The first-order chi connectivity index (χ1) is 14.1. The molecule has 7 heteroatoms. The van der Waals surface area contributed by atoms with Gasteiger partial charge >= 0.3 is 6.03 Å². The summed E-state index contributed by atoms with van der Waals surface area (Å²) in [6.45, 7) is 0. The fourth-order valence-electron chi connectivity index (χ4n) is 2.47. The molecule has 0 fully saturated rings. The lowest BCUT2D eigenvalue weighted by Gasteiger charge is -2.09. The van der Waals surface area contributed by atoms with Crippen molar-refractivity contribution in [1.82, 2.24) is 0 Å². The molecule has 148 valence electrons. The number of carbonyl (C=O) groups excluding carboxylic acids is 2. The van der Waals surface area contributed by atoms with Gasteiger partial charge in [0.1, 0.15) is 5.82 Å². The highest BCUT2D eigenvalue weighted by atomic mass is 32.2. The van der Waals surface area contributed by atoms with Crippen molar-refractivity contribution >= 4 is 40.8 Å². The second-order valence-corrected chi connectivity index (χ2v) is 7.29. The molecule has 3 aromatic rings.